The zero-order valence-electron chi connectivity index (χ0n) is 11.4. The maximum Gasteiger partial charge on any atom is 0.0269 e. The van der Waals surface area contributed by atoms with Crippen LogP contribution >= 0.6 is 22.7 Å². The first-order valence-corrected chi connectivity index (χ1v) is 8.09. The molecule has 0 radical (unpaired) electrons. The molecule has 1 heterocycles. The summed E-state index contributed by atoms with van der Waals surface area (Å²) in [5.41, 5.74) is 0. The molecule has 0 aliphatic rings. The first-order valence-electron chi connectivity index (χ1n) is 6.46. The molecule has 0 aliphatic heterocycles. The van der Waals surface area contributed by atoms with Gasteiger partial charge in [0.2, 0.25) is 0 Å². The van der Waals surface area contributed by atoms with Crippen LogP contribution in [-0.4, -0.2) is 0 Å². The summed E-state index contributed by atoms with van der Waals surface area (Å²) in [5, 5.41) is 15.7. The maximum absolute atomic E-state index is 3.08. The van der Waals surface area contributed by atoms with E-state index >= 15 is 0 Å². The van der Waals surface area contributed by atoms with Crippen molar-refractivity contribution in [1.29, 1.82) is 0 Å². The van der Waals surface area contributed by atoms with Gasteiger partial charge >= 0.3 is 0 Å². The standard InChI is InChI=1S/C20H8S2/c1-3-17-7-11-21-13-9-19-5-2-6-20(16-19)10-14-22-12-8-18(4-1)15-17/h1-6,15-16H. The van der Waals surface area contributed by atoms with Crippen molar-refractivity contribution in [3.63, 3.8) is 0 Å². The van der Waals surface area contributed by atoms with Crippen LogP contribution in [0.1, 0.15) is 0 Å². The molecule has 1 aromatic heterocycles. The molecule has 0 spiro atoms. The summed E-state index contributed by atoms with van der Waals surface area (Å²) in [6.45, 7) is 0. The smallest absolute Gasteiger partial charge is 0.0269 e. The van der Waals surface area contributed by atoms with E-state index < -0.39 is 0 Å². The number of hydrogen-bond acceptors (Lipinski definition) is 2. The highest BCUT2D eigenvalue weighted by Crippen LogP contribution is 2.03. The number of benzene rings is 2. The van der Waals surface area contributed by atoms with Crippen molar-refractivity contribution in [2.45, 2.75) is 0 Å². The van der Waals surface area contributed by atoms with Gasteiger partial charge in [0.25, 0.3) is 0 Å². The molecule has 0 nitrogen and oxygen atoms in total. The average molecular weight is 312 g/mol. The average Bonchev–Trinajstić information content (AvgIpc) is 2.54. The molecule has 0 saturated carbocycles. The second-order valence-corrected chi connectivity index (χ2v) is 5.50. The summed E-state index contributed by atoms with van der Waals surface area (Å²) in [6, 6.07) is 28.0. The highest BCUT2D eigenvalue weighted by Gasteiger charge is 1.81. The first kappa shape index (κ1) is 14.1. The van der Waals surface area contributed by atoms with Crippen molar-refractivity contribution in [2.75, 3.05) is 0 Å². The molecule has 3 rings (SSSR count). The van der Waals surface area contributed by atoms with Gasteiger partial charge in [-0.2, -0.15) is 0 Å². The van der Waals surface area contributed by atoms with E-state index in [1.54, 1.807) is 0 Å². The van der Waals surface area contributed by atoms with Gasteiger partial charge in [-0.15, -0.1) is 0 Å². The number of fused-ring (bicyclic) bond motifs is 4. The second kappa shape index (κ2) is 7.22. The zero-order valence-corrected chi connectivity index (χ0v) is 13.1. The van der Waals surface area contributed by atoms with E-state index in [-0.39, 0.29) is 0 Å². The van der Waals surface area contributed by atoms with Gasteiger partial charge in [-0.25, -0.2) is 0 Å². The minimum absolute atomic E-state index is 0.936. The van der Waals surface area contributed by atoms with Crippen LogP contribution in [0.15, 0.2) is 48.5 Å². The second-order valence-electron chi connectivity index (χ2n) is 4.27. The van der Waals surface area contributed by atoms with E-state index in [0.717, 1.165) is 21.5 Å². The summed E-state index contributed by atoms with van der Waals surface area (Å²) >= 11 is 2.58. The third kappa shape index (κ3) is 4.06. The number of hydrogen-bond donors (Lipinski definition) is 0. The molecular formula is C20H8S2. The predicted molar refractivity (Wildman–Crippen MR) is 92.0 cm³/mol. The van der Waals surface area contributed by atoms with E-state index in [9.17, 15) is 0 Å². The third-order valence-electron chi connectivity index (χ3n) is 2.71. The topological polar surface area (TPSA) is 0 Å². The Morgan fingerprint density at radius 3 is 1.14 bits per heavy atom. The molecule has 22 heavy (non-hydrogen) atoms. The predicted octanol–water partition coefficient (Wildman–Crippen LogP) is 5.33. The quantitative estimate of drug-likeness (QED) is 0.526. The van der Waals surface area contributed by atoms with Crippen molar-refractivity contribution >= 4 is 44.2 Å². The lowest BCUT2D eigenvalue weighted by molar-refractivity contribution is 1.83. The summed E-state index contributed by atoms with van der Waals surface area (Å²) in [6.07, 6.45) is 0. The van der Waals surface area contributed by atoms with E-state index in [1.807, 2.05) is 48.5 Å². The van der Waals surface area contributed by atoms with Crippen LogP contribution in [0.25, 0.3) is 21.5 Å². The summed E-state index contributed by atoms with van der Waals surface area (Å²) in [5.74, 6) is 0. The van der Waals surface area contributed by atoms with Gasteiger partial charge in [-0.05, 0) is 59.1 Å². The van der Waals surface area contributed by atoms with Gasteiger partial charge < -0.3 is 0 Å². The molecule has 0 aliphatic carbocycles. The van der Waals surface area contributed by atoms with Gasteiger partial charge in [0.05, 0.1) is 0 Å². The Morgan fingerprint density at radius 1 is 0.500 bits per heavy atom. The fourth-order valence-electron chi connectivity index (χ4n) is 1.74. The lowest BCUT2D eigenvalue weighted by Crippen LogP contribution is -1.60. The Balaban J connectivity index is 2.21. The summed E-state index contributed by atoms with van der Waals surface area (Å²) < 4.78 is 0. The van der Waals surface area contributed by atoms with E-state index in [0.29, 0.717) is 0 Å². The van der Waals surface area contributed by atoms with Crippen molar-refractivity contribution in [3.8, 4) is 0 Å². The fourth-order valence-corrected chi connectivity index (χ4v) is 2.52. The summed E-state index contributed by atoms with van der Waals surface area (Å²) in [4.78, 5) is 0. The van der Waals surface area contributed by atoms with Crippen LogP contribution in [0.2, 0.25) is 0 Å². The largest absolute Gasteiger partial charge is 0.0598 e. The Kier molecular flexibility index (Phi) is 4.62. The first-order chi connectivity index (χ1) is 10.9. The van der Waals surface area contributed by atoms with E-state index in [2.05, 4.69) is 45.8 Å². The third-order valence-corrected chi connectivity index (χ3v) is 3.53. The van der Waals surface area contributed by atoms with E-state index in [4.69, 9.17) is 0 Å². The van der Waals surface area contributed by atoms with Crippen LogP contribution in [0.4, 0.5) is 0 Å². The molecule has 0 atom stereocenters. The Morgan fingerprint density at radius 2 is 0.818 bits per heavy atom. The number of rotatable bonds is 0. The molecule has 3 aromatic rings. The molecule has 0 N–H and O–H groups in total. The molecule has 100 valence electrons. The van der Waals surface area contributed by atoms with Crippen LogP contribution in [0.3, 0.4) is 0 Å². The van der Waals surface area contributed by atoms with Crippen molar-refractivity contribution in [3.05, 3.63) is 94.3 Å². The fraction of sp³-hybridized carbons (Fsp3) is 0. The lowest BCUT2D eigenvalue weighted by Gasteiger charge is -1.82. The molecule has 0 saturated heterocycles. The van der Waals surface area contributed by atoms with Crippen LogP contribution in [0, 0.1) is 45.8 Å². The van der Waals surface area contributed by atoms with Crippen molar-refractivity contribution < 1.29 is 0 Å². The highest BCUT2D eigenvalue weighted by molar-refractivity contribution is 7.05. The normalized spacial score (nSPS) is 8.36. The molecule has 4 bridgehead atoms. The Hall–Kier alpha value is -2.88. The summed E-state index contributed by atoms with van der Waals surface area (Å²) in [7, 11) is 0. The van der Waals surface area contributed by atoms with Crippen LogP contribution in [0.5, 0.6) is 0 Å². The van der Waals surface area contributed by atoms with Crippen LogP contribution in [-0.2, 0) is 0 Å². The van der Waals surface area contributed by atoms with E-state index in [1.165, 1.54) is 22.7 Å². The van der Waals surface area contributed by atoms with Gasteiger partial charge in [0.15, 0.2) is 0 Å². The monoisotopic (exact) mass is 312 g/mol. The molecule has 0 fully saturated rings. The zero-order chi connectivity index (χ0) is 15.0. The van der Waals surface area contributed by atoms with Gasteiger partial charge in [0.1, 0.15) is 0 Å². The molecule has 0 unspecified atom stereocenters. The molecular weight excluding hydrogens is 304 g/mol. The minimum Gasteiger partial charge on any atom is -0.0598 e. The van der Waals surface area contributed by atoms with Crippen molar-refractivity contribution in [2.24, 2.45) is 0 Å². The SMILES string of the molecule is c1sc#cc2cccc(c#csc#cc3cccc(c#1)c3)c2. The maximum atomic E-state index is 3.08. The van der Waals surface area contributed by atoms with Crippen molar-refractivity contribution in [1.82, 2.24) is 0 Å². The minimum atomic E-state index is 0.936. The van der Waals surface area contributed by atoms with Gasteiger partial charge in [-0.1, -0.05) is 36.4 Å². The van der Waals surface area contributed by atoms with Gasteiger partial charge in [-0.3, -0.25) is 0 Å². The Bertz CT molecular complexity index is 761. The van der Waals surface area contributed by atoms with Crippen LogP contribution < -0.4 is 0 Å². The Labute approximate surface area is 138 Å². The molecule has 2 heteroatoms. The highest BCUT2D eigenvalue weighted by atomic mass is 32.1. The van der Waals surface area contributed by atoms with Gasteiger partial charge in [0, 0.05) is 43.1 Å². The lowest BCUT2D eigenvalue weighted by atomic mass is 10.2. The molecule has 2 aromatic carbocycles. The molecule has 0 amide bonds.